The van der Waals surface area contributed by atoms with Gasteiger partial charge in [0.25, 0.3) is 0 Å². The second-order valence-electron chi connectivity index (χ2n) is 6.06. The number of hydrogen-bond acceptors (Lipinski definition) is 3. The molecule has 2 rings (SSSR count). The zero-order chi connectivity index (χ0) is 13.1. The monoisotopic (exact) mass is 253 g/mol. The smallest absolute Gasteiger partial charge is 0.223 e. The topological polar surface area (TPSA) is 35.6 Å². The van der Waals surface area contributed by atoms with Gasteiger partial charge in [0.1, 0.15) is 0 Å². The van der Waals surface area contributed by atoms with E-state index in [9.17, 15) is 4.79 Å². The molecule has 2 atom stereocenters. The molecule has 1 N–H and O–H groups in total. The highest BCUT2D eigenvalue weighted by molar-refractivity contribution is 5.75. The van der Waals surface area contributed by atoms with Crippen LogP contribution in [0.3, 0.4) is 0 Å². The van der Waals surface area contributed by atoms with Crippen LogP contribution in [0.15, 0.2) is 0 Å². The van der Waals surface area contributed by atoms with Gasteiger partial charge in [-0.3, -0.25) is 4.79 Å². The Kier molecular flexibility index (Phi) is 4.62. The Morgan fingerprint density at radius 2 is 1.89 bits per heavy atom. The zero-order valence-corrected chi connectivity index (χ0v) is 12.0. The van der Waals surface area contributed by atoms with Crippen LogP contribution in [0.1, 0.15) is 38.5 Å². The lowest BCUT2D eigenvalue weighted by atomic mass is 9.82. The van der Waals surface area contributed by atoms with Crippen LogP contribution in [0, 0.1) is 0 Å². The number of carbonyl (C=O) groups is 1. The van der Waals surface area contributed by atoms with Crippen molar-refractivity contribution in [2.45, 2.75) is 56.7 Å². The molecule has 0 aromatic carbocycles. The van der Waals surface area contributed by atoms with Gasteiger partial charge in [0.15, 0.2) is 0 Å². The molecule has 2 unspecified atom stereocenters. The van der Waals surface area contributed by atoms with Crippen LogP contribution in [0.2, 0.25) is 0 Å². The van der Waals surface area contributed by atoms with E-state index in [4.69, 9.17) is 0 Å². The van der Waals surface area contributed by atoms with Crippen LogP contribution in [-0.2, 0) is 4.79 Å². The summed E-state index contributed by atoms with van der Waals surface area (Å²) in [5.41, 5.74) is 0. The maximum Gasteiger partial charge on any atom is 0.223 e. The van der Waals surface area contributed by atoms with Crippen LogP contribution in [0.5, 0.6) is 0 Å². The van der Waals surface area contributed by atoms with Crippen molar-refractivity contribution in [2.75, 3.05) is 27.7 Å². The van der Waals surface area contributed by atoms with Crippen molar-refractivity contribution in [3.05, 3.63) is 0 Å². The SMILES string of the molecule is CN(C)C(=O)CCNC1CC2CCCC(C1)N2C. The molecule has 2 fully saturated rings. The Morgan fingerprint density at radius 3 is 2.44 bits per heavy atom. The fourth-order valence-corrected chi connectivity index (χ4v) is 3.39. The molecule has 2 heterocycles. The quantitative estimate of drug-likeness (QED) is 0.814. The number of amides is 1. The van der Waals surface area contributed by atoms with E-state index in [0.717, 1.165) is 18.6 Å². The molecule has 2 aliphatic heterocycles. The van der Waals surface area contributed by atoms with Gasteiger partial charge >= 0.3 is 0 Å². The molecule has 104 valence electrons. The van der Waals surface area contributed by atoms with E-state index in [1.165, 1.54) is 32.1 Å². The second kappa shape index (κ2) is 6.02. The van der Waals surface area contributed by atoms with E-state index in [1.807, 2.05) is 14.1 Å². The van der Waals surface area contributed by atoms with Gasteiger partial charge in [0.05, 0.1) is 0 Å². The molecule has 2 saturated heterocycles. The second-order valence-corrected chi connectivity index (χ2v) is 6.06. The third-order valence-corrected chi connectivity index (χ3v) is 4.61. The predicted octanol–water partition coefficient (Wildman–Crippen LogP) is 1.07. The Labute approximate surface area is 111 Å². The van der Waals surface area contributed by atoms with E-state index in [-0.39, 0.29) is 5.91 Å². The third-order valence-electron chi connectivity index (χ3n) is 4.61. The van der Waals surface area contributed by atoms with Gasteiger partial charge in [-0.15, -0.1) is 0 Å². The summed E-state index contributed by atoms with van der Waals surface area (Å²) in [5, 5.41) is 3.58. The van der Waals surface area contributed by atoms with Gasteiger partial charge in [0, 0.05) is 45.2 Å². The van der Waals surface area contributed by atoms with E-state index >= 15 is 0 Å². The summed E-state index contributed by atoms with van der Waals surface area (Å²) in [4.78, 5) is 15.8. The number of rotatable bonds is 4. The highest BCUT2D eigenvalue weighted by Gasteiger charge is 2.35. The summed E-state index contributed by atoms with van der Waals surface area (Å²) in [6.07, 6.45) is 7.22. The molecule has 2 bridgehead atoms. The van der Waals surface area contributed by atoms with Crippen LogP contribution >= 0.6 is 0 Å². The largest absolute Gasteiger partial charge is 0.349 e. The lowest BCUT2D eigenvalue weighted by molar-refractivity contribution is -0.128. The predicted molar refractivity (Wildman–Crippen MR) is 73.5 cm³/mol. The fraction of sp³-hybridized carbons (Fsp3) is 0.929. The molecule has 0 aromatic heterocycles. The molecule has 2 aliphatic rings. The zero-order valence-electron chi connectivity index (χ0n) is 12.0. The summed E-state index contributed by atoms with van der Waals surface area (Å²) < 4.78 is 0. The van der Waals surface area contributed by atoms with Gasteiger partial charge in [-0.05, 0) is 32.7 Å². The van der Waals surface area contributed by atoms with Gasteiger partial charge < -0.3 is 15.1 Å². The van der Waals surface area contributed by atoms with Crippen LogP contribution in [-0.4, -0.2) is 61.5 Å². The minimum atomic E-state index is 0.218. The Bertz CT molecular complexity index is 279. The number of carbonyl (C=O) groups excluding carboxylic acids is 1. The maximum absolute atomic E-state index is 11.5. The summed E-state index contributed by atoms with van der Waals surface area (Å²) in [5.74, 6) is 0.218. The molecule has 0 aromatic rings. The van der Waals surface area contributed by atoms with Gasteiger partial charge in [-0.1, -0.05) is 6.42 Å². The average Bonchev–Trinajstić information content (AvgIpc) is 2.29. The summed E-state index contributed by atoms with van der Waals surface area (Å²) in [6.45, 7) is 0.824. The highest BCUT2D eigenvalue weighted by atomic mass is 16.2. The van der Waals surface area contributed by atoms with Crippen molar-refractivity contribution >= 4 is 5.91 Å². The molecule has 0 radical (unpaired) electrons. The van der Waals surface area contributed by atoms with Crippen molar-refractivity contribution < 1.29 is 4.79 Å². The summed E-state index contributed by atoms with van der Waals surface area (Å²) in [6, 6.07) is 2.14. The first-order valence-electron chi connectivity index (χ1n) is 7.23. The highest BCUT2D eigenvalue weighted by Crippen LogP contribution is 2.32. The van der Waals surface area contributed by atoms with Crippen LogP contribution in [0.25, 0.3) is 0 Å². The van der Waals surface area contributed by atoms with Crippen molar-refractivity contribution in [1.82, 2.24) is 15.1 Å². The normalized spacial score (nSPS) is 32.3. The van der Waals surface area contributed by atoms with Crippen molar-refractivity contribution in [3.63, 3.8) is 0 Å². The molecule has 1 amide bonds. The number of nitrogens with one attached hydrogen (secondary N) is 1. The molecule has 0 saturated carbocycles. The third kappa shape index (κ3) is 3.23. The molecule has 4 nitrogen and oxygen atoms in total. The molecular formula is C14H27N3O. The van der Waals surface area contributed by atoms with Crippen molar-refractivity contribution in [1.29, 1.82) is 0 Å². The average molecular weight is 253 g/mol. The van der Waals surface area contributed by atoms with Crippen LogP contribution in [0.4, 0.5) is 0 Å². The van der Waals surface area contributed by atoms with E-state index in [1.54, 1.807) is 4.90 Å². The van der Waals surface area contributed by atoms with Crippen LogP contribution < -0.4 is 5.32 Å². The van der Waals surface area contributed by atoms with E-state index in [2.05, 4.69) is 17.3 Å². The van der Waals surface area contributed by atoms with E-state index < -0.39 is 0 Å². The number of nitrogens with zero attached hydrogens (tertiary/aromatic N) is 2. The molecule has 0 spiro atoms. The lowest BCUT2D eigenvalue weighted by Crippen LogP contribution is -2.54. The van der Waals surface area contributed by atoms with Gasteiger partial charge in [-0.2, -0.15) is 0 Å². The van der Waals surface area contributed by atoms with Crippen molar-refractivity contribution in [3.8, 4) is 0 Å². The van der Waals surface area contributed by atoms with Crippen molar-refractivity contribution in [2.24, 2.45) is 0 Å². The standard InChI is InChI=1S/C14H27N3O/c1-16(2)14(18)7-8-15-11-9-12-5-4-6-13(10-11)17(12)3/h11-13,15H,4-10H2,1-3H3. The molecule has 4 heteroatoms. The minimum absolute atomic E-state index is 0.218. The fourth-order valence-electron chi connectivity index (χ4n) is 3.39. The van der Waals surface area contributed by atoms with Gasteiger partial charge in [-0.25, -0.2) is 0 Å². The Hall–Kier alpha value is -0.610. The Morgan fingerprint density at radius 1 is 1.28 bits per heavy atom. The maximum atomic E-state index is 11.5. The first kappa shape index (κ1) is 13.8. The lowest BCUT2D eigenvalue weighted by Gasteiger charge is -2.47. The van der Waals surface area contributed by atoms with Gasteiger partial charge in [0.2, 0.25) is 5.91 Å². The molecule has 18 heavy (non-hydrogen) atoms. The first-order chi connectivity index (χ1) is 8.58. The summed E-state index contributed by atoms with van der Waals surface area (Å²) >= 11 is 0. The molecule has 0 aliphatic carbocycles. The molecular weight excluding hydrogens is 226 g/mol. The van der Waals surface area contributed by atoms with E-state index in [0.29, 0.717) is 12.5 Å². The first-order valence-corrected chi connectivity index (χ1v) is 7.23. The summed E-state index contributed by atoms with van der Waals surface area (Å²) in [7, 11) is 5.92. The number of hydrogen-bond donors (Lipinski definition) is 1. The minimum Gasteiger partial charge on any atom is -0.349 e. The Balaban J connectivity index is 1.73. The number of fused-ring (bicyclic) bond motifs is 2. The number of piperidine rings is 2.